The number of ether oxygens (including phenoxy) is 1. The third kappa shape index (κ3) is 2.88. The minimum absolute atomic E-state index is 0.107. The molecule has 0 bridgehead atoms. The molecule has 100 valence electrons. The molecular weight excluding hydrogens is 267 g/mol. The Labute approximate surface area is 116 Å². The summed E-state index contributed by atoms with van der Waals surface area (Å²) in [6, 6.07) is 9.85. The van der Waals surface area contributed by atoms with Crippen LogP contribution in [0.2, 0.25) is 5.02 Å². The molecule has 0 aromatic heterocycles. The molecule has 4 heteroatoms. The molecular formula is C15H14ClFO2. The Morgan fingerprint density at radius 1 is 1.26 bits per heavy atom. The van der Waals surface area contributed by atoms with Gasteiger partial charge >= 0.3 is 0 Å². The van der Waals surface area contributed by atoms with Gasteiger partial charge in [-0.05, 0) is 36.2 Å². The lowest BCUT2D eigenvalue weighted by Crippen LogP contribution is -2.04. The maximum Gasteiger partial charge on any atom is 0.171 e. The minimum atomic E-state index is -1.08. The van der Waals surface area contributed by atoms with Crippen LogP contribution >= 0.6 is 11.6 Å². The lowest BCUT2D eigenvalue weighted by Gasteiger charge is -2.15. The van der Waals surface area contributed by atoms with Gasteiger partial charge in [0.1, 0.15) is 6.10 Å². The molecule has 0 amide bonds. The molecule has 2 aromatic carbocycles. The first kappa shape index (κ1) is 13.8. The predicted octanol–water partition coefficient (Wildman–Crippen LogP) is 3.88. The number of methoxy groups -OCH3 is 1. The molecule has 0 aliphatic carbocycles. The van der Waals surface area contributed by atoms with Crippen LogP contribution in [0.4, 0.5) is 4.39 Å². The highest BCUT2D eigenvalue weighted by Gasteiger charge is 2.18. The number of rotatable bonds is 3. The fourth-order valence-corrected chi connectivity index (χ4v) is 2.30. The van der Waals surface area contributed by atoms with Gasteiger partial charge in [-0.3, -0.25) is 0 Å². The normalized spacial score (nSPS) is 12.3. The molecule has 0 heterocycles. The van der Waals surface area contributed by atoms with Crippen LogP contribution in [0.5, 0.6) is 5.75 Å². The predicted molar refractivity (Wildman–Crippen MR) is 73.2 cm³/mol. The monoisotopic (exact) mass is 280 g/mol. The van der Waals surface area contributed by atoms with Crippen molar-refractivity contribution in [2.75, 3.05) is 7.11 Å². The minimum Gasteiger partial charge on any atom is -0.494 e. The molecule has 1 N–H and O–H groups in total. The molecule has 1 unspecified atom stereocenters. The molecule has 19 heavy (non-hydrogen) atoms. The van der Waals surface area contributed by atoms with Crippen molar-refractivity contribution in [3.05, 3.63) is 63.9 Å². The molecule has 0 aliphatic rings. The number of halogens is 2. The van der Waals surface area contributed by atoms with Crippen molar-refractivity contribution in [1.82, 2.24) is 0 Å². The summed E-state index contributed by atoms with van der Waals surface area (Å²) in [6.45, 7) is 1.87. The zero-order valence-electron chi connectivity index (χ0n) is 10.7. The van der Waals surface area contributed by atoms with Gasteiger partial charge in [-0.2, -0.15) is 0 Å². The van der Waals surface area contributed by atoms with Gasteiger partial charge in [-0.1, -0.05) is 29.8 Å². The quantitative estimate of drug-likeness (QED) is 0.924. The first-order chi connectivity index (χ1) is 9.02. The van der Waals surface area contributed by atoms with E-state index in [2.05, 4.69) is 0 Å². The van der Waals surface area contributed by atoms with Gasteiger partial charge < -0.3 is 9.84 Å². The molecule has 0 radical (unpaired) electrons. The van der Waals surface area contributed by atoms with Crippen LogP contribution in [0.25, 0.3) is 0 Å². The molecule has 2 nitrogen and oxygen atoms in total. The van der Waals surface area contributed by atoms with Crippen molar-refractivity contribution >= 4 is 11.6 Å². The summed E-state index contributed by atoms with van der Waals surface area (Å²) in [5.41, 5.74) is 1.63. The summed E-state index contributed by atoms with van der Waals surface area (Å²) >= 11 is 5.95. The highest BCUT2D eigenvalue weighted by molar-refractivity contribution is 6.30. The first-order valence-electron chi connectivity index (χ1n) is 5.80. The van der Waals surface area contributed by atoms with E-state index >= 15 is 0 Å². The second-order valence-electron chi connectivity index (χ2n) is 4.33. The van der Waals surface area contributed by atoms with Gasteiger partial charge in [-0.25, -0.2) is 4.39 Å². The molecule has 2 aromatic rings. The average molecular weight is 281 g/mol. The molecule has 0 saturated heterocycles. The van der Waals surface area contributed by atoms with Crippen LogP contribution in [-0.4, -0.2) is 12.2 Å². The van der Waals surface area contributed by atoms with Crippen molar-refractivity contribution in [2.24, 2.45) is 0 Å². The lowest BCUT2D eigenvalue weighted by atomic mass is 9.99. The molecule has 0 spiro atoms. The fourth-order valence-electron chi connectivity index (χ4n) is 2.00. The molecule has 1 atom stereocenters. The van der Waals surface area contributed by atoms with Crippen LogP contribution in [0, 0.1) is 12.7 Å². The van der Waals surface area contributed by atoms with Gasteiger partial charge in [0.15, 0.2) is 11.6 Å². The Kier molecular flexibility index (Phi) is 4.08. The van der Waals surface area contributed by atoms with Crippen molar-refractivity contribution in [3.8, 4) is 5.75 Å². The summed E-state index contributed by atoms with van der Waals surface area (Å²) in [7, 11) is 1.39. The number of benzene rings is 2. The zero-order chi connectivity index (χ0) is 14.0. The number of hydrogen-bond acceptors (Lipinski definition) is 2. The summed E-state index contributed by atoms with van der Waals surface area (Å²) in [6.07, 6.45) is -1.08. The van der Waals surface area contributed by atoms with Gasteiger partial charge in [0.2, 0.25) is 0 Å². The second-order valence-corrected chi connectivity index (χ2v) is 4.76. The Bertz CT molecular complexity index is 578. The van der Waals surface area contributed by atoms with E-state index in [9.17, 15) is 9.50 Å². The zero-order valence-corrected chi connectivity index (χ0v) is 11.4. The second kappa shape index (κ2) is 5.59. The first-order valence-corrected chi connectivity index (χ1v) is 6.18. The van der Waals surface area contributed by atoms with Gasteiger partial charge in [0.25, 0.3) is 0 Å². The van der Waals surface area contributed by atoms with Crippen molar-refractivity contribution in [1.29, 1.82) is 0 Å². The lowest BCUT2D eigenvalue weighted by molar-refractivity contribution is 0.213. The maximum atomic E-state index is 14.1. The van der Waals surface area contributed by atoms with E-state index in [1.165, 1.54) is 19.2 Å². The molecule has 2 rings (SSSR count). The van der Waals surface area contributed by atoms with Crippen LogP contribution < -0.4 is 4.74 Å². The van der Waals surface area contributed by atoms with E-state index in [-0.39, 0.29) is 11.3 Å². The SMILES string of the molecule is COc1cccc(C(O)c2cc(C)cc(Cl)c2)c1F. The van der Waals surface area contributed by atoms with Gasteiger partial charge in [0.05, 0.1) is 7.11 Å². The summed E-state index contributed by atoms with van der Waals surface area (Å²) in [5.74, 6) is -0.453. The van der Waals surface area contributed by atoms with Gasteiger partial charge in [0, 0.05) is 10.6 Å². The average Bonchev–Trinajstić information content (AvgIpc) is 2.37. The van der Waals surface area contributed by atoms with Crippen molar-refractivity contribution in [3.63, 3.8) is 0 Å². The number of aryl methyl sites for hydroxylation is 1. The van der Waals surface area contributed by atoms with Crippen LogP contribution in [-0.2, 0) is 0 Å². The van der Waals surface area contributed by atoms with Crippen molar-refractivity contribution < 1.29 is 14.2 Å². The van der Waals surface area contributed by atoms with Crippen LogP contribution in [0.3, 0.4) is 0 Å². The standard InChI is InChI=1S/C15H14ClFO2/c1-9-6-10(8-11(16)7-9)15(18)12-4-3-5-13(19-2)14(12)17/h3-8,15,18H,1-2H3. The largest absolute Gasteiger partial charge is 0.494 e. The van der Waals surface area contributed by atoms with Crippen LogP contribution in [0.1, 0.15) is 22.8 Å². The van der Waals surface area contributed by atoms with Gasteiger partial charge in [-0.15, -0.1) is 0 Å². The number of hydrogen-bond donors (Lipinski definition) is 1. The number of aliphatic hydroxyl groups is 1. The van der Waals surface area contributed by atoms with E-state index in [0.717, 1.165) is 5.56 Å². The Morgan fingerprint density at radius 3 is 2.63 bits per heavy atom. The molecule has 0 saturated carbocycles. The highest BCUT2D eigenvalue weighted by atomic mass is 35.5. The topological polar surface area (TPSA) is 29.5 Å². The summed E-state index contributed by atoms with van der Waals surface area (Å²) < 4.78 is 19.0. The smallest absolute Gasteiger partial charge is 0.171 e. The summed E-state index contributed by atoms with van der Waals surface area (Å²) in [5, 5.41) is 10.8. The van der Waals surface area contributed by atoms with Crippen LogP contribution in [0.15, 0.2) is 36.4 Å². The summed E-state index contributed by atoms with van der Waals surface area (Å²) in [4.78, 5) is 0. The number of aliphatic hydroxyl groups excluding tert-OH is 1. The highest BCUT2D eigenvalue weighted by Crippen LogP contribution is 2.30. The van der Waals surface area contributed by atoms with E-state index in [4.69, 9.17) is 16.3 Å². The third-order valence-corrected chi connectivity index (χ3v) is 3.11. The molecule has 0 aliphatic heterocycles. The fraction of sp³-hybridized carbons (Fsp3) is 0.200. The van der Waals surface area contributed by atoms with E-state index in [1.807, 2.05) is 6.92 Å². The maximum absolute atomic E-state index is 14.1. The van der Waals surface area contributed by atoms with Crippen molar-refractivity contribution in [2.45, 2.75) is 13.0 Å². The van der Waals surface area contributed by atoms with E-state index in [1.54, 1.807) is 24.3 Å². The Hall–Kier alpha value is -1.58. The molecule has 0 fully saturated rings. The van der Waals surface area contributed by atoms with E-state index in [0.29, 0.717) is 10.6 Å². The Morgan fingerprint density at radius 2 is 2.00 bits per heavy atom. The van der Waals surface area contributed by atoms with E-state index < -0.39 is 11.9 Å². The third-order valence-electron chi connectivity index (χ3n) is 2.89. The Balaban J connectivity index is 2.46.